The van der Waals surface area contributed by atoms with E-state index in [1.165, 1.54) is 7.11 Å². The van der Waals surface area contributed by atoms with Crippen LogP contribution in [0.5, 0.6) is 6.01 Å². The van der Waals surface area contributed by atoms with E-state index in [2.05, 4.69) is 9.97 Å². The minimum Gasteiger partial charge on any atom is -0.466 e. The molecule has 0 aromatic carbocycles. The molecule has 1 atom stereocenters. The molecule has 1 heterocycles. The monoisotopic (exact) mass is 252 g/mol. The quantitative estimate of drug-likeness (QED) is 0.770. The SMILES string of the molecule is COC(=O)C(Oc1nc(C)cc(C)n1)C(C)(C)C. The van der Waals surface area contributed by atoms with E-state index in [9.17, 15) is 4.79 Å². The maximum Gasteiger partial charge on any atom is 0.347 e. The predicted octanol–water partition coefficient (Wildman–Crippen LogP) is 2.06. The fourth-order valence-corrected chi connectivity index (χ4v) is 1.54. The highest BCUT2D eigenvalue weighted by molar-refractivity contribution is 5.75. The van der Waals surface area contributed by atoms with Gasteiger partial charge in [0.25, 0.3) is 0 Å². The molecule has 5 heteroatoms. The number of carbonyl (C=O) groups is 1. The summed E-state index contributed by atoms with van der Waals surface area (Å²) in [5.74, 6) is -0.426. The molecule has 0 aliphatic rings. The van der Waals surface area contributed by atoms with E-state index in [0.717, 1.165) is 11.4 Å². The van der Waals surface area contributed by atoms with Crippen LogP contribution in [0.2, 0.25) is 0 Å². The standard InChI is InChI=1S/C13H20N2O3/c1-8-7-9(2)15-12(14-8)18-10(11(16)17-6)13(3,4)5/h7,10H,1-6H3. The van der Waals surface area contributed by atoms with Crippen molar-refractivity contribution in [2.45, 2.75) is 40.7 Å². The number of rotatable bonds is 3. The maximum atomic E-state index is 11.7. The van der Waals surface area contributed by atoms with Crippen LogP contribution < -0.4 is 4.74 Å². The van der Waals surface area contributed by atoms with Gasteiger partial charge in [-0.05, 0) is 19.9 Å². The van der Waals surface area contributed by atoms with Crippen LogP contribution in [0.15, 0.2) is 6.07 Å². The predicted molar refractivity (Wildman–Crippen MR) is 67.4 cm³/mol. The van der Waals surface area contributed by atoms with E-state index >= 15 is 0 Å². The molecule has 1 unspecified atom stereocenters. The van der Waals surface area contributed by atoms with Crippen molar-refractivity contribution in [1.82, 2.24) is 9.97 Å². The molecule has 1 aromatic heterocycles. The zero-order valence-corrected chi connectivity index (χ0v) is 11.8. The summed E-state index contributed by atoms with van der Waals surface area (Å²) in [4.78, 5) is 20.1. The largest absolute Gasteiger partial charge is 0.466 e. The Kier molecular flexibility index (Phi) is 4.27. The molecule has 5 nitrogen and oxygen atoms in total. The highest BCUT2D eigenvalue weighted by Crippen LogP contribution is 2.24. The Bertz CT molecular complexity index is 418. The molecule has 18 heavy (non-hydrogen) atoms. The highest BCUT2D eigenvalue weighted by Gasteiger charge is 2.35. The molecule has 0 fully saturated rings. The first-order valence-electron chi connectivity index (χ1n) is 5.81. The van der Waals surface area contributed by atoms with Gasteiger partial charge in [0, 0.05) is 16.8 Å². The van der Waals surface area contributed by atoms with E-state index < -0.39 is 17.5 Å². The first kappa shape index (κ1) is 14.4. The minimum absolute atomic E-state index is 0.206. The summed E-state index contributed by atoms with van der Waals surface area (Å²) in [6.45, 7) is 9.41. The second-order valence-electron chi connectivity index (χ2n) is 5.32. The molecule has 0 bridgehead atoms. The molecule has 1 rings (SSSR count). The number of aryl methyl sites for hydroxylation is 2. The van der Waals surface area contributed by atoms with Crippen LogP contribution in [0, 0.1) is 19.3 Å². The average molecular weight is 252 g/mol. The zero-order chi connectivity index (χ0) is 13.9. The molecule has 0 saturated heterocycles. The summed E-state index contributed by atoms with van der Waals surface area (Å²) in [6.07, 6.45) is -0.733. The van der Waals surface area contributed by atoms with Gasteiger partial charge in [-0.15, -0.1) is 0 Å². The molecule has 0 spiro atoms. The normalized spacial score (nSPS) is 13.0. The van der Waals surface area contributed by atoms with E-state index in [4.69, 9.17) is 9.47 Å². The lowest BCUT2D eigenvalue weighted by Gasteiger charge is -2.27. The van der Waals surface area contributed by atoms with Crippen molar-refractivity contribution in [3.63, 3.8) is 0 Å². The molecule has 0 radical (unpaired) electrons. The van der Waals surface area contributed by atoms with E-state index in [1.54, 1.807) is 0 Å². The number of ether oxygens (including phenoxy) is 2. The molecule has 0 amide bonds. The van der Waals surface area contributed by atoms with Crippen LogP contribution in [0.25, 0.3) is 0 Å². The number of carbonyl (C=O) groups excluding carboxylic acids is 1. The van der Waals surface area contributed by atoms with Gasteiger partial charge >= 0.3 is 12.0 Å². The minimum atomic E-state index is -0.733. The Morgan fingerprint density at radius 1 is 1.22 bits per heavy atom. The van der Waals surface area contributed by atoms with Crippen molar-refractivity contribution in [2.75, 3.05) is 7.11 Å². The number of methoxy groups -OCH3 is 1. The Balaban J connectivity index is 3.00. The topological polar surface area (TPSA) is 61.3 Å². The van der Waals surface area contributed by atoms with Crippen molar-refractivity contribution < 1.29 is 14.3 Å². The molecule has 0 aliphatic heterocycles. The zero-order valence-electron chi connectivity index (χ0n) is 11.8. The summed E-state index contributed by atoms with van der Waals surface area (Å²) >= 11 is 0. The number of hydrogen-bond acceptors (Lipinski definition) is 5. The van der Waals surface area contributed by atoms with Crippen LogP contribution in [0.4, 0.5) is 0 Å². The van der Waals surface area contributed by atoms with Crippen LogP contribution in [0.3, 0.4) is 0 Å². The number of nitrogens with zero attached hydrogens (tertiary/aromatic N) is 2. The number of aromatic nitrogens is 2. The first-order valence-corrected chi connectivity index (χ1v) is 5.81. The van der Waals surface area contributed by atoms with Gasteiger partial charge in [0.05, 0.1) is 7.11 Å². The Labute approximate surface area is 108 Å². The van der Waals surface area contributed by atoms with Gasteiger partial charge in [0.1, 0.15) is 0 Å². The van der Waals surface area contributed by atoms with Gasteiger partial charge in [-0.25, -0.2) is 14.8 Å². The van der Waals surface area contributed by atoms with Crippen LogP contribution >= 0.6 is 0 Å². The average Bonchev–Trinajstić information content (AvgIpc) is 2.22. The molecule has 100 valence electrons. The van der Waals surface area contributed by atoms with Crippen LogP contribution in [0.1, 0.15) is 32.2 Å². The lowest BCUT2D eigenvalue weighted by atomic mass is 9.89. The van der Waals surface area contributed by atoms with Crippen molar-refractivity contribution in [3.8, 4) is 6.01 Å². The lowest BCUT2D eigenvalue weighted by Crippen LogP contribution is -2.40. The Morgan fingerprint density at radius 3 is 2.11 bits per heavy atom. The molecule has 1 aromatic rings. The second-order valence-corrected chi connectivity index (χ2v) is 5.32. The van der Waals surface area contributed by atoms with E-state index in [0.29, 0.717) is 0 Å². The summed E-state index contributed by atoms with van der Waals surface area (Å²) in [5.41, 5.74) is 1.21. The van der Waals surface area contributed by atoms with Crippen molar-refractivity contribution >= 4 is 5.97 Å². The fourth-order valence-electron chi connectivity index (χ4n) is 1.54. The summed E-state index contributed by atoms with van der Waals surface area (Å²) in [6, 6.07) is 2.05. The molecule has 0 saturated carbocycles. The van der Waals surface area contributed by atoms with Crippen molar-refractivity contribution in [2.24, 2.45) is 5.41 Å². The van der Waals surface area contributed by atoms with E-state index in [1.807, 2.05) is 40.7 Å². The second kappa shape index (κ2) is 5.33. The summed E-state index contributed by atoms with van der Waals surface area (Å²) < 4.78 is 10.3. The summed E-state index contributed by atoms with van der Waals surface area (Å²) in [7, 11) is 1.34. The molecule has 0 aliphatic carbocycles. The highest BCUT2D eigenvalue weighted by atomic mass is 16.6. The number of esters is 1. The van der Waals surface area contributed by atoms with Crippen LogP contribution in [-0.4, -0.2) is 29.2 Å². The Morgan fingerprint density at radius 2 is 1.72 bits per heavy atom. The van der Waals surface area contributed by atoms with Crippen molar-refractivity contribution in [3.05, 3.63) is 17.5 Å². The third-order valence-electron chi connectivity index (χ3n) is 2.39. The smallest absolute Gasteiger partial charge is 0.347 e. The molecular formula is C13H20N2O3. The van der Waals surface area contributed by atoms with E-state index in [-0.39, 0.29) is 6.01 Å². The van der Waals surface area contributed by atoms with Gasteiger partial charge in [-0.1, -0.05) is 20.8 Å². The third-order valence-corrected chi connectivity index (χ3v) is 2.39. The van der Waals surface area contributed by atoms with Crippen molar-refractivity contribution in [1.29, 1.82) is 0 Å². The van der Waals surface area contributed by atoms with Gasteiger partial charge in [0.2, 0.25) is 6.10 Å². The Hall–Kier alpha value is -1.65. The molecule has 0 N–H and O–H groups in total. The third kappa shape index (κ3) is 3.68. The lowest BCUT2D eigenvalue weighted by molar-refractivity contribution is -0.154. The first-order chi connectivity index (χ1) is 8.24. The molecular weight excluding hydrogens is 232 g/mol. The van der Waals surface area contributed by atoms with Gasteiger partial charge in [-0.2, -0.15) is 0 Å². The number of hydrogen-bond donors (Lipinski definition) is 0. The summed E-state index contributed by atoms with van der Waals surface area (Å²) in [5, 5.41) is 0. The van der Waals surface area contributed by atoms with Gasteiger partial charge in [-0.3, -0.25) is 0 Å². The van der Waals surface area contributed by atoms with Gasteiger partial charge in [0.15, 0.2) is 0 Å². The van der Waals surface area contributed by atoms with Crippen LogP contribution in [-0.2, 0) is 9.53 Å². The van der Waals surface area contributed by atoms with Gasteiger partial charge < -0.3 is 9.47 Å². The fraction of sp³-hybridized carbons (Fsp3) is 0.615. The maximum absolute atomic E-state index is 11.7.